The van der Waals surface area contributed by atoms with Gasteiger partial charge in [0.2, 0.25) is 0 Å². The molecule has 1 heterocycles. The fourth-order valence-electron chi connectivity index (χ4n) is 2.91. The fourth-order valence-corrected chi connectivity index (χ4v) is 3.30. The van der Waals surface area contributed by atoms with Crippen molar-refractivity contribution in [3.63, 3.8) is 0 Å². The maximum Gasteiger partial charge on any atom is 0.303 e. The van der Waals surface area contributed by atoms with Crippen LogP contribution >= 0.6 is 15.9 Å². The molecule has 0 saturated carbocycles. The molecule has 2 atom stereocenters. The monoisotopic (exact) mass is 353 g/mol. The Morgan fingerprint density at radius 3 is 2.90 bits per heavy atom. The number of piperidine rings is 1. The predicted molar refractivity (Wildman–Crippen MR) is 84.2 cm³/mol. The Morgan fingerprint density at radius 2 is 2.24 bits per heavy atom. The molecule has 0 spiro atoms. The Bertz CT molecular complexity index is 532. The highest BCUT2D eigenvalue weighted by atomic mass is 79.9. The van der Waals surface area contributed by atoms with Crippen LogP contribution in [0.2, 0.25) is 0 Å². The molecule has 1 N–H and O–H groups in total. The van der Waals surface area contributed by atoms with Crippen LogP contribution in [0.5, 0.6) is 0 Å². The van der Waals surface area contributed by atoms with Crippen molar-refractivity contribution in [2.24, 2.45) is 11.8 Å². The lowest BCUT2D eigenvalue weighted by molar-refractivity contribution is -0.138. The van der Waals surface area contributed by atoms with E-state index in [0.29, 0.717) is 12.1 Å². The highest BCUT2D eigenvalue weighted by Crippen LogP contribution is 2.27. The molecule has 0 aromatic heterocycles. The van der Waals surface area contributed by atoms with Gasteiger partial charge in [-0.25, -0.2) is 0 Å². The Morgan fingerprint density at radius 1 is 1.48 bits per heavy atom. The summed E-state index contributed by atoms with van der Waals surface area (Å²) >= 11 is 3.38. The molecular formula is C16H20BrNO3. The molecule has 5 heteroatoms. The van der Waals surface area contributed by atoms with Crippen LogP contribution in [0, 0.1) is 11.8 Å². The molecule has 1 aromatic carbocycles. The van der Waals surface area contributed by atoms with E-state index in [9.17, 15) is 9.59 Å². The van der Waals surface area contributed by atoms with Crippen LogP contribution in [0.15, 0.2) is 28.7 Å². The van der Waals surface area contributed by atoms with Gasteiger partial charge in [-0.1, -0.05) is 28.9 Å². The number of halogens is 1. The second-order valence-electron chi connectivity index (χ2n) is 5.74. The Labute approximate surface area is 133 Å². The fraction of sp³-hybridized carbons (Fsp3) is 0.500. The minimum atomic E-state index is -0.766. The molecule has 2 unspecified atom stereocenters. The van der Waals surface area contributed by atoms with E-state index in [1.165, 1.54) is 0 Å². The number of rotatable bonds is 4. The molecule has 0 radical (unpaired) electrons. The van der Waals surface area contributed by atoms with Crippen molar-refractivity contribution < 1.29 is 14.7 Å². The second-order valence-corrected chi connectivity index (χ2v) is 6.65. The van der Waals surface area contributed by atoms with Gasteiger partial charge in [0.05, 0.1) is 0 Å². The lowest BCUT2D eigenvalue weighted by Crippen LogP contribution is -2.42. The summed E-state index contributed by atoms with van der Waals surface area (Å²) in [4.78, 5) is 25.2. The molecule has 1 aromatic rings. The smallest absolute Gasteiger partial charge is 0.303 e. The summed E-state index contributed by atoms with van der Waals surface area (Å²) in [6.07, 6.45) is 2.11. The quantitative estimate of drug-likeness (QED) is 0.902. The lowest BCUT2D eigenvalue weighted by atomic mass is 9.84. The first kappa shape index (κ1) is 16.0. The van der Waals surface area contributed by atoms with E-state index >= 15 is 0 Å². The normalized spacial score (nSPS) is 20.1. The van der Waals surface area contributed by atoms with Crippen molar-refractivity contribution in [1.82, 2.24) is 4.90 Å². The highest BCUT2D eigenvalue weighted by molar-refractivity contribution is 9.10. The molecule has 1 amide bonds. The van der Waals surface area contributed by atoms with Crippen molar-refractivity contribution >= 4 is 27.8 Å². The first-order valence-electron chi connectivity index (χ1n) is 7.24. The summed E-state index contributed by atoms with van der Waals surface area (Å²) in [5.74, 6) is -0.368. The van der Waals surface area contributed by atoms with Gasteiger partial charge in [-0.2, -0.15) is 0 Å². The zero-order chi connectivity index (χ0) is 15.4. The molecule has 1 fully saturated rings. The maximum atomic E-state index is 12.5. The van der Waals surface area contributed by atoms with Crippen LogP contribution in [0.25, 0.3) is 0 Å². The molecule has 1 aliphatic rings. The van der Waals surface area contributed by atoms with Crippen LogP contribution in [-0.2, 0) is 4.79 Å². The van der Waals surface area contributed by atoms with Crippen molar-refractivity contribution in [1.29, 1.82) is 0 Å². The second kappa shape index (κ2) is 7.07. The van der Waals surface area contributed by atoms with E-state index in [1.807, 2.05) is 36.1 Å². The number of benzene rings is 1. The van der Waals surface area contributed by atoms with E-state index < -0.39 is 5.97 Å². The van der Waals surface area contributed by atoms with Crippen LogP contribution in [0.3, 0.4) is 0 Å². The lowest BCUT2D eigenvalue weighted by Gasteiger charge is -2.35. The molecule has 0 bridgehead atoms. The summed E-state index contributed by atoms with van der Waals surface area (Å²) < 4.78 is 0.890. The summed E-state index contributed by atoms with van der Waals surface area (Å²) in [6.45, 7) is 3.37. The van der Waals surface area contributed by atoms with Gasteiger partial charge in [-0.15, -0.1) is 0 Å². The molecule has 21 heavy (non-hydrogen) atoms. The third kappa shape index (κ3) is 4.30. The molecule has 0 aliphatic carbocycles. The van der Waals surface area contributed by atoms with E-state index in [1.54, 1.807) is 0 Å². The van der Waals surface area contributed by atoms with Gasteiger partial charge in [0.1, 0.15) is 0 Å². The summed E-state index contributed by atoms with van der Waals surface area (Å²) in [5, 5.41) is 8.91. The van der Waals surface area contributed by atoms with Gasteiger partial charge in [0.25, 0.3) is 5.91 Å². The number of carbonyl (C=O) groups is 2. The first-order valence-corrected chi connectivity index (χ1v) is 8.03. The number of carboxylic acid groups (broad SMARTS) is 1. The molecule has 4 nitrogen and oxygen atoms in total. The van der Waals surface area contributed by atoms with Crippen LogP contribution in [0.1, 0.15) is 36.5 Å². The number of nitrogens with zero attached hydrogens (tertiary/aromatic N) is 1. The topological polar surface area (TPSA) is 57.6 Å². The van der Waals surface area contributed by atoms with Crippen molar-refractivity contribution in [3.8, 4) is 0 Å². The van der Waals surface area contributed by atoms with Gasteiger partial charge in [0.15, 0.2) is 0 Å². The van der Waals surface area contributed by atoms with E-state index in [2.05, 4.69) is 15.9 Å². The molecule has 1 saturated heterocycles. The zero-order valence-electron chi connectivity index (χ0n) is 12.1. The highest BCUT2D eigenvalue weighted by Gasteiger charge is 2.28. The van der Waals surface area contributed by atoms with Crippen LogP contribution < -0.4 is 0 Å². The number of aliphatic carboxylic acids is 1. The Hall–Kier alpha value is -1.36. The van der Waals surface area contributed by atoms with E-state index in [-0.39, 0.29) is 24.2 Å². The van der Waals surface area contributed by atoms with Crippen LogP contribution in [0.4, 0.5) is 0 Å². The van der Waals surface area contributed by atoms with Gasteiger partial charge in [0, 0.05) is 29.5 Å². The predicted octanol–water partition coefficient (Wildman–Crippen LogP) is 3.41. The van der Waals surface area contributed by atoms with E-state index in [0.717, 1.165) is 23.9 Å². The van der Waals surface area contributed by atoms with Gasteiger partial charge in [-0.3, -0.25) is 9.59 Å². The average molecular weight is 354 g/mol. The number of carbonyl (C=O) groups excluding carboxylic acids is 1. The maximum absolute atomic E-state index is 12.5. The number of likely N-dealkylation sites (tertiary alicyclic amines) is 1. The molecule has 1 aliphatic heterocycles. The number of carboxylic acids is 1. The SMILES string of the molecule is CC(CC(=O)O)C1CCCN(C(=O)c2cccc(Br)c2)C1. The van der Waals surface area contributed by atoms with Crippen molar-refractivity contribution in [2.45, 2.75) is 26.2 Å². The standard InChI is InChI=1S/C16H20BrNO3/c1-11(8-15(19)20)13-5-3-7-18(10-13)16(21)12-4-2-6-14(17)9-12/h2,4,6,9,11,13H,3,5,7-8,10H2,1H3,(H,19,20). The summed E-state index contributed by atoms with van der Waals surface area (Å²) in [6, 6.07) is 7.39. The molecule has 2 rings (SSSR count). The number of hydrogen-bond acceptors (Lipinski definition) is 2. The van der Waals surface area contributed by atoms with Crippen molar-refractivity contribution in [2.75, 3.05) is 13.1 Å². The minimum absolute atomic E-state index is 0.0310. The van der Waals surface area contributed by atoms with Gasteiger partial charge in [-0.05, 0) is 42.9 Å². The third-order valence-electron chi connectivity index (χ3n) is 4.12. The average Bonchev–Trinajstić information content (AvgIpc) is 2.46. The van der Waals surface area contributed by atoms with Gasteiger partial charge >= 0.3 is 5.97 Å². The summed E-state index contributed by atoms with van der Waals surface area (Å²) in [7, 11) is 0. The Kier molecular flexibility index (Phi) is 5.39. The minimum Gasteiger partial charge on any atom is -0.481 e. The number of hydrogen-bond donors (Lipinski definition) is 1. The van der Waals surface area contributed by atoms with E-state index in [4.69, 9.17) is 5.11 Å². The zero-order valence-corrected chi connectivity index (χ0v) is 13.7. The largest absolute Gasteiger partial charge is 0.481 e. The van der Waals surface area contributed by atoms with Crippen LogP contribution in [-0.4, -0.2) is 35.0 Å². The summed E-state index contributed by atoms with van der Waals surface area (Å²) in [5.41, 5.74) is 0.677. The van der Waals surface area contributed by atoms with Gasteiger partial charge < -0.3 is 10.0 Å². The Balaban J connectivity index is 2.03. The number of amides is 1. The third-order valence-corrected chi connectivity index (χ3v) is 4.61. The molecular weight excluding hydrogens is 334 g/mol. The first-order chi connectivity index (χ1) is 9.97. The molecule has 114 valence electrons. The van der Waals surface area contributed by atoms with Crippen molar-refractivity contribution in [3.05, 3.63) is 34.3 Å².